The number of aromatic amines is 1. The first kappa shape index (κ1) is 16.9. The molecule has 0 bridgehead atoms. The maximum Gasteiger partial charge on any atom is 0.288 e. The second kappa shape index (κ2) is 6.53. The van der Waals surface area contributed by atoms with E-state index in [9.17, 15) is 15.4 Å². The van der Waals surface area contributed by atoms with Gasteiger partial charge in [0.25, 0.3) is 5.69 Å². The van der Waals surface area contributed by atoms with Crippen molar-refractivity contribution < 1.29 is 9.66 Å². The van der Waals surface area contributed by atoms with Crippen LogP contribution in [0.4, 0.5) is 5.69 Å². The summed E-state index contributed by atoms with van der Waals surface area (Å²) in [7, 11) is 0. The van der Waals surface area contributed by atoms with Crippen molar-refractivity contribution in [3.05, 3.63) is 50.2 Å². The monoisotopic (exact) mass is 359 g/mol. The Morgan fingerprint density at radius 1 is 1.56 bits per heavy atom. The number of fused-ring (bicyclic) bond motifs is 1. The van der Waals surface area contributed by atoms with Crippen LogP contribution in [-0.4, -0.2) is 21.0 Å². The highest BCUT2D eigenvalue weighted by molar-refractivity contribution is 6.32. The standard InChI is InChI=1S/C16H14ClN5O3/c1-2-3-11-14-13(8-4-5-10(17)12(6-8)22(23)24)9(7-18)15(19)25-16(14)21-20-11/h4-6,9,13,19H,2-3H2,1H3,(H,20,21). The summed E-state index contributed by atoms with van der Waals surface area (Å²) in [5, 5.41) is 35.7. The number of halogens is 1. The molecule has 0 aliphatic carbocycles. The number of H-pyrrole nitrogens is 1. The number of rotatable bonds is 4. The molecule has 8 nitrogen and oxygen atoms in total. The molecule has 9 heteroatoms. The molecule has 0 fully saturated rings. The number of hydrogen-bond donors (Lipinski definition) is 2. The first-order chi connectivity index (χ1) is 12.0. The lowest BCUT2D eigenvalue weighted by molar-refractivity contribution is -0.384. The lowest BCUT2D eigenvalue weighted by atomic mass is 9.79. The lowest BCUT2D eigenvalue weighted by Gasteiger charge is -2.28. The van der Waals surface area contributed by atoms with E-state index in [-0.39, 0.29) is 22.5 Å². The van der Waals surface area contributed by atoms with E-state index in [1.807, 2.05) is 6.92 Å². The largest absolute Gasteiger partial charge is 0.422 e. The summed E-state index contributed by atoms with van der Waals surface area (Å²) in [6, 6.07) is 6.49. The van der Waals surface area contributed by atoms with Crippen LogP contribution in [0.25, 0.3) is 0 Å². The summed E-state index contributed by atoms with van der Waals surface area (Å²) in [6.45, 7) is 2.00. The molecular weight excluding hydrogens is 346 g/mol. The van der Waals surface area contributed by atoms with E-state index in [1.54, 1.807) is 6.07 Å². The average molecular weight is 360 g/mol. The van der Waals surface area contributed by atoms with Crippen LogP contribution in [0.1, 0.15) is 36.1 Å². The molecule has 2 N–H and O–H groups in total. The average Bonchev–Trinajstić information content (AvgIpc) is 2.96. The first-order valence-electron chi connectivity index (χ1n) is 7.64. The minimum atomic E-state index is -0.901. The Morgan fingerprint density at radius 3 is 2.96 bits per heavy atom. The third-order valence-electron chi connectivity index (χ3n) is 4.15. The number of nitro groups is 1. The minimum Gasteiger partial charge on any atom is -0.422 e. The van der Waals surface area contributed by atoms with Gasteiger partial charge in [-0.25, -0.2) is 0 Å². The van der Waals surface area contributed by atoms with Crippen LogP contribution < -0.4 is 4.74 Å². The molecule has 0 spiro atoms. The molecule has 2 unspecified atom stereocenters. The normalized spacial score (nSPS) is 19.0. The number of ether oxygens (including phenoxy) is 1. The van der Waals surface area contributed by atoms with Crippen molar-refractivity contribution >= 4 is 23.2 Å². The van der Waals surface area contributed by atoms with Gasteiger partial charge in [0.15, 0.2) is 0 Å². The number of aromatic nitrogens is 2. The Morgan fingerprint density at radius 2 is 2.32 bits per heavy atom. The van der Waals surface area contributed by atoms with E-state index in [1.165, 1.54) is 12.1 Å². The van der Waals surface area contributed by atoms with Crippen LogP contribution in [0.2, 0.25) is 5.02 Å². The molecule has 1 aromatic carbocycles. The van der Waals surface area contributed by atoms with Gasteiger partial charge in [-0.15, -0.1) is 5.10 Å². The Bertz CT molecular complexity index is 902. The molecule has 0 saturated heterocycles. The number of nitrogens with one attached hydrogen (secondary N) is 2. The van der Waals surface area contributed by atoms with Crippen LogP contribution >= 0.6 is 11.6 Å². The van der Waals surface area contributed by atoms with Gasteiger partial charge in [0.1, 0.15) is 10.9 Å². The third-order valence-corrected chi connectivity index (χ3v) is 4.47. The number of nitrogens with zero attached hydrogens (tertiary/aromatic N) is 3. The molecular formula is C16H14ClN5O3. The molecule has 1 aliphatic rings. The maximum atomic E-state index is 11.2. The molecule has 2 atom stereocenters. The topological polar surface area (TPSA) is 129 Å². The van der Waals surface area contributed by atoms with Crippen LogP contribution in [0.3, 0.4) is 0 Å². The number of aryl methyl sites for hydroxylation is 1. The van der Waals surface area contributed by atoms with E-state index in [4.69, 9.17) is 21.7 Å². The molecule has 0 radical (unpaired) electrons. The van der Waals surface area contributed by atoms with Gasteiger partial charge in [0.05, 0.1) is 11.0 Å². The number of nitro benzene ring substituents is 1. The van der Waals surface area contributed by atoms with E-state index in [0.717, 1.165) is 12.1 Å². The smallest absolute Gasteiger partial charge is 0.288 e. The zero-order chi connectivity index (χ0) is 18.1. The van der Waals surface area contributed by atoms with E-state index < -0.39 is 16.8 Å². The Labute approximate surface area is 148 Å². The molecule has 2 aromatic rings. The van der Waals surface area contributed by atoms with Crippen molar-refractivity contribution in [1.82, 2.24) is 10.2 Å². The fourth-order valence-electron chi connectivity index (χ4n) is 3.05. The van der Waals surface area contributed by atoms with Gasteiger partial charge in [-0.3, -0.25) is 20.6 Å². The van der Waals surface area contributed by atoms with Crippen LogP contribution in [0.5, 0.6) is 5.88 Å². The molecule has 2 heterocycles. The van der Waals surface area contributed by atoms with Crippen LogP contribution in [-0.2, 0) is 6.42 Å². The highest BCUT2D eigenvalue weighted by Crippen LogP contribution is 2.44. The van der Waals surface area contributed by atoms with Crippen molar-refractivity contribution in [2.75, 3.05) is 0 Å². The van der Waals surface area contributed by atoms with E-state index in [0.29, 0.717) is 17.5 Å². The van der Waals surface area contributed by atoms with Crippen LogP contribution in [0.15, 0.2) is 18.2 Å². The Balaban J connectivity index is 2.21. The van der Waals surface area contributed by atoms with E-state index in [2.05, 4.69) is 16.3 Å². The van der Waals surface area contributed by atoms with Gasteiger partial charge >= 0.3 is 0 Å². The number of benzene rings is 1. The van der Waals surface area contributed by atoms with E-state index >= 15 is 0 Å². The predicted octanol–water partition coefficient (Wildman–Crippen LogP) is 3.57. The summed E-state index contributed by atoms with van der Waals surface area (Å²) in [5.74, 6) is -1.48. The summed E-state index contributed by atoms with van der Waals surface area (Å²) in [4.78, 5) is 10.6. The Hall–Kier alpha value is -2.92. The second-order valence-corrected chi connectivity index (χ2v) is 6.10. The van der Waals surface area contributed by atoms with Gasteiger partial charge < -0.3 is 4.74 Å². The van der Waals surface area contributed by atoms with Crippen molar-refractivity contribution in [1.29, 1.82) is 10.7 Å². The highest BCUT2D eigenvalue weighted by atomic mass is 35.5. The molecule has 0 amide bonds. The van der Waals surface area contributed by atoms with Crippen molar-refractivity contribution in [3.63, 3.8) is 0 Å². The van der Waals surface area contributed by atoms with Crippen molar-refractivity contribution in [3.8, 4) is 11.9 Å². The molecule has 3 rings (SSSR count). The van der Waals surface area contributed by atoms with Gasteiger partial charge in [0.2, 0.25) is 11.8 Å². The molecule has 0 saturated carbocycles. The summed E-state index contributed by atoms with van der Waals surface area (Å²) < 4.78 is 5.37. The zero-order valence-electron chi connectivity index (χ0n) is 13.2. The fourth-order valence-corrected chi connectivity index (χ4v) is 3.23. The Kier molecular flexibility index (Phi) is 4.42. The SMILES string of the molecule is CCCc1[nH]nc2c1C(c1ccc(Cl)c([N+](=O)[O-])c1)C(C#N)C(=N)O2. The molecule has 25 heavy (non-hydrogen) atoms. The number of nitriles is 1. The molecule has 1 aliphatic heterocycles. The maximum absolute atomic E-state index is 11.2. The molecule has 128 valence electrons. The summed E-state index contributed by atoms with van der Waals surface area (Å²) >= 11 is 5.90. The quantitative estimate of drug-likeness (QED) is 0.636. The van der Waals surface area contributed by atoms with Gasteiger partial charge in [-0.2, -0.15) is 5.26 Å². The number of hydrogen-bond acceptors (Lipinski definition) is 6. The first-order valence-corrected chi connectivity index (χ1v) is 8.02. The van der Waals surface area contributed by atoms with Gasteiger partial charge in [-0.05, 0) is 18.1 Å². The van der Waals surface area contributed by atoms with Gasteiger partial charge in [-0.1, -0.05) is 31.0 Å². The second-order valence-electron chi connectivity index (χ2n) is 5.69. The fraction of sp³-hybridized carbons (Fsp3) is 0.312. The van der Waals surface area contributed by atoms with Crippen molar-refractivity contribution in [2.45, 2.75) is 25.7 Å². The zero-order valence-corrected chi connectivity index (χ0v) is 14.0. The highest BCUT2D eigenvalue weighted by Gasteiger charge is 2.40. The lowest BCUT2D eigenvalue weighted by Crippen LogP contribution is -2.31. The summed E-state index contributed by atoms with van der Waals surface area (Å²) in [6.07, 6.45) is 1.53. The summed E-state index contributed by atoms with van der Waals surface area (Å²) in [5.41, 5.74) is 1.75. The van der Waals surface area contributed by atoms with Crippen LogP contribution in [0, 0.1) is 32.8 Å². The molecule has 1 aromatic heterocycles. The minimum absolute atomic E-state index is 0.0191. The predicted molar refractivity (Wildman–Crippen MR) is 90.0 cm³/mol. The third kappa shape index (κ3) is 2.83. The van der Waals surface area contributed by atoms with Gasteiger partial charge in [0, 0.05) is 23.2 Å². The van der Waals surface area contributed by atoms with Crippen molar-refractivity contribution in [2.24, 2.45) is 5.92 Å².